The summed E-state index contributed by atoms with van der Waals surface area (Å²) in [6.07, 6.45) is 2.04. The lowest BCUT2D eigenvalue weighted by Crippen LogP contribution is -2.41. The quantitative estimate of drug-likeness (QED) is 0.561. The first kappa shape index (κ1) is 7.87. The Labute approximate surface area is 64.6 Å². The van der Waals surface area contributed by atoms with Crippen molar-refractivity contribution in [1.29, 1.82) is 0 Å². The van der Waals surface area contributed by atoms with E-state index < -0.39 is 8.24 Å². The summed E-state index contributed by atoms with van der Waals surface area (Å²) >= 11 is 0. The minimum Gasteiger partial charge on any atom is -0.241 e. The molecular formula is C4H12N4SSi. The molecule has 1 heterocycles. The van der Waals surface area contributed by atoms with Crippen molar-refractivity contribution >= 4 is 19.1 Å². The van der Waals surface area contributed by atoms with E-state index in [2.05, 4.69) is 34.6 Å². The van der Waals surface area contributed by atoms with E-state index in [0.717, 1.165) is 0 Å². The molecule has 0 radical (unpaired) electrons. The number of hydrogen-bond acceptors (Lipinski definition) is 4. The van der Waals surface area contributed by atoms with Gasteiger partial charge in [-0.15, -0.1) is 0 Å². The molecule has 1 rings (SSSR count). The van der Waals surface area contributed by atoms with Crippen LogP contribution in [0, 0.1) is 0 Å². The Morgan fingerprint density at radius 3 is 2.10 bits per heavy atom. The molecule has 0 fully saturated rings. The Morgan fingerprint density at radius 2 is 1.90 bits per heavy atom. The van der Waals surface area contributed by atoms with Crippen LogP contribution in [0.4, 0.5) is 0 Å². The maximum Gasteiger partial charge on any atom is 0.189 e. The Hall–Kier alpha value is -0.233. The van der Waals surface area contributed by atoms with Crippen LogP contribution in [0.3, 0.4) is 0 Å². The maximum absolute atomic E-state index is 3.95. The van der Waals surface area contributed by atoms with Crippen LogP contribution in [0.15, 0.2) is 14.9 Å². The number of hydrogen-bond donors (Lipinski definition) is 0. The van der Waals surface area contributed by atoms with Crippen LogP contribution < -0.4 is 0 Å². The Morgan fingerprint density at radius 1 is 1.30 bits per heavy atom. The topological polar surface area (TPSA) is 40.3 Å². The second-order valence-electron chi connectivity index (χ2n) is 3.15. The third-order valence-electron chi connectivity index (χ3n) is 1.10. The van der Waals surface area contributed by atoms with Gasteiger partial charge in [-0.05, 0) is 30.1 Å². The average Bonchev–Trinajstić information content (AvgIpc) is 2.11. The van der Waals surface area contributed by atoms with E-state index in [0.29, 0.717) is 0 Å². The highest BCUT2D eigenvalue weighted by molar-refractivity contribution is 7.85. The first-order valence-corrected chi connectivity index (χ1v) is 8.09. The van der Waals surface area contributed by atoms with Gasteiger partial charge in [0, 0.05) is 17.1 Å². The van der Waals surface area contributed by atoms with Crippen molar-refractivity contribution in [1.82, 2.24) is 4.08 Å². The molecule has 1 atom stereocenters. The van der Waals surface area contributed by atoms with Gasteiger partial charge in [-0.2, -0.15) is 0 Å². The Kier molecular flexibility index (Phi) is 1.91. The molecule has 0 aromatic heterocycles. The van der Waals surface area contributed by atoms with E-state index in [1.54, 1.807) is 0 Å². The lowest BCUT2D eigenvalue weighted by Gasteiger charge is -2.25. The highest BCUT2D eigenvalue weighted by Gasteiger charge is 2.27. The highest BCUT2D eigenvalue weighted by Crippen LogP contribution is 2.17. The van der Waals surface area contributed by atoms with E-state index in [-0.39, 0.29) is 10.9 Å². The van der Waals surface area contributed by atoms with E-state index in [1.165, 1.54) is 0 Å². The summed E-state index contributed by atoms with van der Waals surface area (Å²) in [6.45, 7) is 6.70. The fourth-order valence-electron chi connectivity index (χ4n) is 0.723. The predicted octanol–water partition coefficient (Wildman–Crippen LogP) is 1.77. The van der Waals surface area contributed by atoms with Crippen LogP contribution in [-0.4, -0.2) is 18.6 Å². The largest absolute Gasteiger partial charge is 0.241 e. The maximum atomic E-state index is 3.95. The van der Waals surface area contributed by atoms with Gasteiger partial charge in [-0.1, -0.05) is 4.47 Å². The third-order valence-corrected chi connectivity index (χ3v) is 5.66. The second-order valence-corrected chi connectivity index (χ2v) is 9.64. The van der Waals surface area contributed by atoms with Gasteiger partial charge in [0.2, 0.25) is 0 Å². The predicted molar refractivity (Wildman–Crippen MR) is 45.8 cm³/mol. The zero-order valence-corrected chi connectivity index (χ0v) is 8.51. The van der Waals surface area contributed by atoms with Gasteiger partial charge in [-0.3, -0.25) is 0 Å². The Balaban J connectivity index is 2.76. The van der Waals surface area contributed by atoms with E-state index in [9.17, 15) is 0 Å². The monoisotopic (exact) mass is 176 g/mol. The summed E-state index contributed by atoms with van der Waals surface area (Å²) in [4.78, 5) is 0. The number of nitrogens with zero attached hydrogens (tertiary/aromatic N) is 4. The van der Waals surface area contributed by atoms with E-state index in [4.69, 9.17) is 0 Å². The molecule has 0 aromatic rings. The molecule has 0 bridgehead atoms. The first-order valence-electron chi connectivity index (χ1n) is 3.10. The fourth-order valence-corrected chi connectivity index (χ4v) is 4.66. The van der Waals surface area contributed by atoms with Crippen LogP contribution in [0.5, 0.6) is 0 Å². The van der Waals surface area contributed by atoms with Crippen LogP contribution in [-0.2, 0) is 10.9 Å². The zero-order valence-electron chi connectivity index (χ0n) is 6.70. The van der Waals surface area contributed by atoms with Gasteiger partial charge in [-0.25, -0.2) is 4.08 Å². The summed E-state index contributed by atoms with van der Waals surface area (Å²) in [5.41, 5.74) is 0. The van der Waals surface area contributed by atoms with E-state index in [1.807, 2.05) is 10.3 Å². The van der Waals surface area contributed by atoms with Crippen LogP contribution in [0.25, 0.3) is 0 Å². The average molecular weight is 176 g/mol. The van der Waals surface area contributed by atoms with Crippen molar-refractivity contribution in [3.63, 3.8) is 0 Å². The van der Waals surface area contributed by atoms with Gasteiger partial charge >= 0.3 is 0 Å². The van der Waals surface area contributed by atoms with Gasteiger partial charge in [0.05, 0.1) is 0 Å². The molecule has 0 saturated carbocycles. The van der Waals surface area contributed by atoms with Crippen molar-refractivity contribution in [2.24, 2.45) is 14.9 Å². The van der Waals surface area contributed by atoms with Crippen molar-refractivity contribution in [3.05, 3.63) is 0 Å². The molecule has 1 unspecified atom stereocenters. The second kappa shape index (κ2) is 2.43. The molecule has 6 heteroatoms. The number of rotatable bonds is 1. The molecule has 0 saturated heterocycles. The van der Waals surface area contributed by atoms with Crippen LogP contribution in [0.1, 0.15) is 0 Å². The molecule has 0 aliphatic carbocycles. The minimum atomic E-state index is -1.30. The van der Waals surface area contributed by atoms with Crippen molar-refractivity contribution < 1.29 is 0 Å². The van der Waals surface area contributed by atoms with Crippen LogP contribution in [0.2, 0.25) is 19.6 Å². The molecule has 0 amide bonds. The molecule has 0 aromatic carbocycles. The van der Waals surface area contributed by atoms with Gasteiger partial charge in [0.1, 0.15) is 0 Å². The van der Waals surface area contributed by atoms with Crippen molar-refractivity contribution in [3.8, 4) is 0 Å². The molecule has 1 aliphatic rings. The SMILES string of the molecule is CS1=NN=NN1[Si](C)(C)C. The summed E-state index contributed by atoms with van der Waals surface area (Å²) in [5, 5.41) is 7.59. The normalized spacial score (nSPS) is 25.2. The summed E-state index contributed by atoms with van der Waals surface area (Å²) in [5.74, 6) is 0. The molecule has 0 spiro atoms. The van der Waals surface area contributed by atoms with Gasteiger partial charge in [0.15, 0.2) is 8.24 Å². The van der Waals surface area contributed by atoms with E-state index >= 15 is 0 Å². The van der Waals surface area contributed by atoms with Gasteiger partial charge in [0.25, 0.3) is 0 Å². The summed E-state index contributed by atoms with van der Waals surface area (Å²) in [7, 11) is -1.39. The molecule has 4 nitrogen and oxygen atoms in total. The fraction of sp³-hybridized carbons (Fsp3) is 1.00. The molecule has 0 N–H and O–H groups in total. The molecule has 1 aliphatic heterocycles. The molecule has 10 heavy (non-hydrogen) atoms. The smallest absolute Gasteiger partial charge is 0.189 e. The van der Waals surface area contributed by atoms with Crippen molar-refractivity contribution in [2.45, 2.75) is 19.6 Å². The lowest BCUT2D eigenvalue weighted by molar-refractivity contribution is 0.685. The zero-order chi connectivity index (χ0) is 7.78. The summed E-state index contributed by atoms with van der Waals surface area (Å²) in [6, 6.07) is 0. The molecule has 58 valence electrons. The van der Waals surface area contributed by atoms with Crippen LogP contribution >= 0.6 is 0 Å². The van der Waals surface area contributed by atoms with Gasteiger partial charge < -0.3 is 0 Å². The third kappa shape index (κ3) is 1.43. The van der Waals surface area contributed by atoms with Crippen molar-refractivity contribution in [2.75, 3.05) is 6.26 Å². The lowest BCUT2D eigenvalue weighted by atomic mass is 11.8. The standard InChI is InChI=1S/C4H12N4SSi/c1-9-7-5-6-8(9)10(2,3)4/h1-4H3. The minimum absolute atomic E-state index is 0.0934. The first-order chi connectivity index (χ1) is 4.52. The Bertz CT molecular complexity index is 194. The molecular weight excluding hydrogens is 164 g/mol. The highest BCUT2D eigenvalue weighted by atomic mass is 32.2. The summed E-state index contributed by atoms with van der Waals surface area (Å²) < 4.78 is 5.98.